The third-order valence-corrected chi connectivity index (χ3v) is 6.61. The largest absolute Gasteiger partial charge is 0.424 e. The average molecular weight is 418 g/mol. The molecule has 31 heavy (non-hydrogen) atoms. The molecule has 0 amide bonds. The van der Waals surface area contributed by atoms with Crippen LogP contribution in [0.2, 0.25) is 0 Å². The number of rotatable bonds is 9. The molecular formula is C28H35NO2. The van der Waals surface area contributed by atoms with E-state index in [-0.39, 0.29) is 5.97 Å². The molecule has 0 radical (unpaired) electrons. The van der Waals surface area contributed by atoms with Gasteiger partial charge < -0.3 is 4.74 Å². The highest BCUT2D eigenvalue weighted by Gasteiger charge is 2.43. The van der Waals surface area contributed by atoms with Crippen molar-refractivity contribution in [1.29, 1.82) is 5.26 Å². The number of carbonyl (C=O) groups is 1. The molecule has 1 aliphatic rings. The van der Waals surface area contributed by atoms with E-state index in [1.807, 2.05) is 12.1 Å². The van der Waals surface area contributed by atoms with E-state index in [1.165, 1.54) is 18.4 Å². The summed E-state index contributed by atoms with van der Waals surface area (Å²) in [4.78, 5) is 13.5. The van der Waals surface area contributed by atoms with Crippen LogP contribution in [0.3, 0.4) is 0 Å². The smallest absolute Gasteiger partial charge is 0.321 e. The van der Waals surface area contributed by atoms with Crippen LogP contribution in [0.15, 0.2) is 42.5 Å². The van der Waals surface area contributed by atoms with Crippen LogP contribution in [-0.2, 0) is 23.1 Å². The van der Waals surface area contributed by atoms with Crippen LogP contribution in [0.5, 0.6) is 5.75 Å². The van der Waals surface area contributed by atoms with Gasteiger partial charge in [0.1, 0.15) is 11.8 Å². The van der Waals surface area contributed by atoms with Gasteiger partial charge in [-0.15, -0.1) is 0 Å². The summed E-state index contributed by atoms with van der Waals surface area (Å²) in [6.45, 7) is 4.36. The second-order valence-electron chi connectivity index (χ2n) is 8.88. The molecule has 1 aliphatic carbocycles. The molecule has 0 N–H and O–H groups in total. The zero-order valence-electron chi connectivity index (χ0n) is 19.1. The highest BCUT2D eigenvalue weighted by atomic mass is 16.5. The molecule has 3 heteroatoms. The highest BCUT2D eigenvalue weighted by molar-refractivity contribution is 5.85. The van der Waals surface area contributed by atoms with Crippen molar-refractivity contribution in [3.8, 4) is 11.8 Å². The lowest BCUT2D eigenvalue weighted by Gasteiger charge is -2.35. The van der Waals surface area contributed by atoms with Gasteiger partial charge >= 0.3 is 5.97 Å². The van der Waals surface area contributed by atoms with Crippen molar-refractivity contribution in [3.05, 3.63) is 64.7 Å². The molecular weight excluding hydrogens is 382 g/mol. The normalized spacial score (nSPS) is 15.3. The molecule has 3 rings (SSSR count). The maximum atomic E-state index is 13.5. The van der Waals surface area contributed by atoms with Crippen LogP contribution in [0, 0.1) is 11.3 Å². The number of unbranched alkanes of at least 4 members (excludes halogenated alkanes) is 2. The minimum absolute atomic E-state index is 0.216. The summed E-state index contributed by atoms with van der Waals surface area (Å²) in [7, 11) is 0. The first kappa shape index (κ1) is 23.1. The Bertz CT molecular complexity index is 902. The Morgan fingerprint density at radius 3 is 2.16 bits per heavy atom. The third kappa shape index (κ3) is 5.56. The minimum Gasteiger partial charge on any atom is -0.424 e. The Hall–Kier alpha value is -2.60. The molecule has 1 saturated carbocycles. The van der Waals surface area contributed by atoms with Crippen LogP contribution in [0.1, 0.15) is 93.9 Å². The SMILES string of the molecule is CCCCc1ccc(C2(C(=O)Oc3ccc(CCCC)cc3C#N)CCCCC2)cc1. The summed E-state index contributed by atoms with van der Waals surface area (Å²) >= 11 is 0. The number of nitriles is 1. The molecule has 164 valence electrons. The summed E-state index contributed by atoms with van der Waals surface area (Å²) in [5, 5.41) is 9.63. The van der Waals surface area contributed by atoms with E-state index >= 15 is 0 Å². The summed E-state index contributed by atoms with van der Waals surface area (Å²) in [6.07, 6.45) is 11.4. The molecule has 0 heterocycles. The van der Waals surface area contributed by atoms with Crippen molar-refractivity contribution in [2.75, 3.05) is 0 Å². The fraction of sp³-hybridized carbons (Fsp3) is 0.500. The van der Waals surface area contributed by atoms with Crippen molar-refractivity contribution in [3.63, 3.8) is 0 Å². The number of ether oxygens (including phenoxy) is 1. The Balaban J connectivity index is 1.84. The van der Waals surface area contributed by atoms with Gasteiger partial charge in [0.05, 0.1) is 11.0 Å². The lowest BCUT2D eigenvalue weighted by Crippen LogP contribution is -2.41. The molecule has 0 unspecified atom stereocenters. The molecule has 0 spiro atoms. The number of hydrogen-bond donors (Lipinski definition) is 0. The van der Waals surface area contributed by atoms with Gasteiger partial charge in [0.15, 0.2) is 0 Å². The van der Waals surface area contributed by atoms with Crippen LogP contribution >= 0.6 is 0 Å². The monoisotopic (exact) mass is 417 g/mol. The van der Waals surface area contributed by atoms with E-state index in [1.54, 1.807) is 6.07 Å². The molecule has 0 bridgehead atoms. The van der Waals surface area contributed by atoms with Crippen molar-refractivity contribution in [1.82, 2.24) is 0 Å². The summed E-state index contributed by atoms with van der Waals surface area (Å²) < 4.78 is 5.93. The van der Waals surface area contributed by atoms with Crippen LogP contribution in [0.25, 0.3) is 0 Å². The fourth-order valence-corrected chi connectivity index (χ4v) is 4.62. The van der Waals surface area contributed by atoms with Gasteiger partial charge in [0.25, 0.3) is 0 Å². The Morgan fingerprint density at radius 2 is 1.55 bits per heavy atom. The van der Waals surface area contributed by atoms with E-state index in [9.17, 15) is 10.1 Å². The minimum atomic E-state index is -0.616. The van der Waals surface area contributed by atoms with Crippen molar-refractivity contribution >= 4 is 5.97 Å². The van der Waals surface area contributed by atoms with Crippen molar-refractivity contribution in [2.45, 2.75) is 89.9 Å². The van der Waals surface area contributed by atoms with Crippen LogP contribution < -0.4 is 4.74 Å². The lowest BCUT2D eigenvalue weighted by molar-refractivity contribution is -0.142. The number of aryl methyl sites for hydroxylation is 2. The standard InChI is InChI=1S/C28H35NO2/c1-3-5-10-22-12-15-25(16-13-22)28(18-8-7-9-19-28)27(30)31-26-17-14-23(11-6-4-2)20-24(26)21-29/h12-17,20H,3-11,18-19H2,1-2H3. The van der Waals surface area contributed by atoms with Gasteiger partial charge in [-0.3, -0.25) is 4.79 Å². The fourth-order valence-electron chi connectivity index (χ4n) is 4.62. The second kappa shape index (κ2) is 11.1. The van der Waals surface area contributed by atoms with E-state index < -0.39 is 5.41 Å². The Morgan fingerprint density at radius 1 is 0.935 bits per heavy atom. The van der Waals surface area contributed by atoms with Gasteiger partial charge in [0.2, 0.25) is 0 Å². The number of hydrogen-bond acceptors (Lipinski definition) is 3. The molecule has 3 nitrogen and oxygen atoms in total. The molecule has 2 aromatic carbocycles. The van der Waals surface area contributed by atoms with Gasteiger partial charge in [-0.2, -0.15) is 5.26 Å². The quantitative estimate of drug-likeness (QED) is 0.324. The highest BCUT2D eigenvalue weighted by Crippen LogP contribution is 2.41. The first-order chi connectivity index (χ1) is 15.1. The maximum Gasteiger partial charge on any atom is 0.321 e. The summed E-state index contributed by atoms with van der Waals surface area (Å²) in [5.41, 5.74) is 3.32. The molecule has 2 aromatic rings. The van der Waals surface area contributed by atoms with E-state index in [0.29, 0.717) is 11.3 Å². The third-order valence-electron chi connectivity index (χ3n) is 6.61. The number of nitrogens with zero attached hydrogens (tertiary/aromatic N) is 1. The predicted molar refractivity (Wildman–Crippen MR) is 125 cm³/mol. The van der Waals surface area contributed by atoms with Gasteiger partial charge in [-0.05, 0) is 67.3 Å². The van der Waals surface area contributed by atoms with E-state index in [4.69, 9.17) is 4.74 Å². The van der Waals surface area contributed by atoms with Crippen molar-refractivity contribution in [2.24, 2.45) is 0 Å². The van der Waals surface area contributed by atoms with Crippen LogP contribution in [-0.4, -0.2) is 5.97 Å². The van der Waals surface area contributed by atoms with Gasteiger partial charge in [0, 0.05) is 0 Å². The topological polar surface area (TPSA) is 50.1 Å². The Kier molecular flexibility index (Phi) is 8.29. The predicted octanol–water partition coefficient (Wildman–Crippen LogP) is 7.05. The molecule has 0 atom stereocenters. The zero-order chi connectivity index (χ0) is 22.1. The summed E-state index contributed by atoms with van der Waals surface area (Å²) in [6, 6.07) is 16.4. The second-order valence-corrected chi connectivity index (χ2v) is 8.88. The number of benzene rings is 2. The first-order valence-corrected chi connectivity index (χ1v) is 12.0. The molecule has 0 aliphatic heterocycles. The van der Waals surface area contributed by atoms with E-state index in [2.05, 4.69) is 44.2 Å². The number of esters is 1. The number of carbonyl (C=O) groups excluding carboxylic acids is 1. The van der Waals surface area contributed by atoms with E-state index in [0.717, 1.165) is 68.9 Å². The molecule has 0 saturated heterocycles. The van der Waals surface area contributed by atoms with Crippen molar-refractivity contribution < 1.29 is 9.53 Å². The molecule has 1 fully saturated rings. The van der Waals surface area contributed by atoms with Gasteiger partial charge in [-0.25, -0.2) is 0 Å². The maximum absolute atomic E-state index is 13.5. The van der Waals surface area contributed by atoms with Crippen LogP contribution in [0.4, 0.5) is 0 Å². The zero-order valence-corrected chi connectivity index (χ0v) is 19.1. The molecule has 0 aromatic heterocycles. The summed E-state index contributed by atoms with van der Waals surface area (Å²) in [5.74, 6) is 0.170. The average Bonchev–Trinajstić information content (AvgIpc) is 2.82. The first-order valence-electron chi connectivity index (χ1n) is 12.0. The Labute approximate surface area is 187 Å². The van der Waals surface area contributed by atoms with Gasteiger partial charge in [-0.1, -0.05) is 76.3 Å². The lowest BCUT2D eigenvalue weighted by atomic mass is 9.69.